The molecule has 0 unspecified atom stereocenters. The lowest BCUT2D eigenvalue weighted by Crippen LogP contribution is -1.91. The second-order valence-corrected chi connectivity index (χ2v) is 5.02. The molecule has 0 aromatic heterocycles. The van der Waals surface area contributed by atoms with E-state index in [0.717, 1.165) is 11.1 Å². The van der Waals surface area contributed by atoms with Gasteiger partial charge in [-0.05, 0) is 12.1 Å². The van der Waals surface area contributed by atoms with Crippen LogP contribution in [0.2, 0.25) is 10.0 Å². The van der Waals surface area contributed by atoms with Gasteiger partial charge in [-0.15, -0.1) is 0 Å². The number of halogens is 2. The molecule has 0 atom stereocenters. The summed E-state index contributed by atoms with van der Waals surface area (Å²) in [5, 5.41) is 1.32. The average Bonchev–Trinajstić information content (AvgIpc) is 2.92. The Bertz CT molecular complexity index is 591. The average molecular weight is 297 g/mol. The second kappa shape index (κ2) is 5.62. The summed E-state index contributed by atoms with van der Waals surface area (Å²) in [6.07, 6.45) is 7.38. The smallest absolute Gasteiger partial charge is 0.193 e. The zero-order valence-electron chi connectivity index (χ0n) is 9.06. The van der Waals surface area contributed by atoms with Gasteiger partial charge < -0.3 is 0 Å². The van der Waals surface area contributed by atoms with Crippen LogP contribution in [0.3, 0.4) is 0 Å². The van der Waals surface area contributed by atoms with Crippen LogP contribution in [0.1, 0.15) is 0 Å². The summed E-state index contributed by atoms with van der Waals surface area (Å²) in [6.45, 7) is 0. The summed E-state index contributed by atoms with van der Waals surface area (Å²) in [5.41, 5.74) is 1.67. The number of ketones is 1. The second-order valence-electron chi connectivity index (χ2n) is 3.57. The number of carbonyl (C=O) groups excluding carboxylic acids is 1. The van der Waals surface area contributed by atoms with Gasteiger partial charge in [0.1, 0.15) is 0 Å². The number of hydrogen-bond acceptors (Lipinski definition) is 2. The Kier molecular flexibility index (Phi) is 4.13. The van der Waals surface area contributed by atoms with Crippen LogP contribution in [0.15, 0.2) is 53.6 Å². The van der Waals surface area contributed by atoms with E-state index in [2.05, 4.69) is 0 Å². The van der Waals surface area contributed by atoms with Crippen LogP contribution >= 0.6 is 31.7 Å². The maximum absolute atomic E-state index is 10.8. The number of Topliss-reactive ketones (excluding diaryl/α,β-unsaturated/α-hetero) is 1. The molecule has 0 saturated heterocycles. The van der Waals surface area contributed by atoms with E-state index in [4.69, 9.17) is 23.2 Å². The van der Waals surface area contributed by atoms with Crippen molar-refractivity contribution < 1.29 is 9.36 Å². The van der Waals surface area contributed by atoms with Crippen LogP contribution in [0.5, 0.6) is 0 Å². The van der Waals surface area contributed by atoms with Gasteiger partial charge in [-0.2, -0.15) is 0 Å². The first-order chi connectivity index (χ1) is 8.63. The van der Waals surface area contributed by atoms with E-state index in [0.29, 0.717) is 15.3 Å². The summed E-state index contributed by atoms with van der Waals surface area (Å²) in [4.78, 5) is 10.8. The predicted octanol–water partition coefficient (Wildman–Crippen LogP) is 3.90. The minimum Gasteiger partial charge on any atom is -0.289 e. The first-order valence-corrected chi connectivity index (χ1v) is 6.62. The van der Waals surface area contributed by atoms with E-state index in [1.54, 1.807) is 18.2 Å². The van der Waals surface area contributed by atoms with Gasteiger partial charge in [0.2, 0.25) is 0 Å². The molecule has 2 bridgehead atoms. The number of carbonyl (C=O) groups is 1. The van der Waals surface area contributed by atoms with Crippen molar-refractivity contribution in [2.24, 2.45) is 0 Å². The topological polar surface area (TPSA) is 34.1 Å². The maximum atomic E-state index is 10.8. The van der Waals surface area contributed by atoms with Crippen LogP contribution in [-0.4, -0.2) is 5.78 Å². The number of benzene rings is 1. The number of fused-ring (bicyclic) bond motifs is 2. The van der Waals surface area contributed by atoms with Crippen molar-refractivity contribution in [3.05, 3.63) is 63.7 Å². The lowest BCUT2D eigenvalue weighted by Gasteiger charge is -1.94. The third-order valence-corrected chi connectivity index (χ3v) is 3.96. The molecule has 2 nitrogen and oxygen atoms in total. The normalized spacial score (nSPS) is 15.3. The third kappa shape index (κ3) is 2.62. The van der Waals surface area contributed by atoms with Crippen LogP contribution in [-0.2, 0) is 9.36 Å². The Morgan fingerprint density at radius 2 is 1.61 bits per heavy atom. The first-order valence-electron chi connectivity index (χ1n) is 5.05. The van der Waals surface area contributed by atoms with Crippen LogP contribution < -0.4 is 5.30 Å². The summed E-state index contributed by atoms with van der Waals surface area (Å²) >= 11 is 11.3. The lowest BCUT2D eigenvalue weighted by atomic mass is 10.2. The molecular formula is C13H7Cl2O2P. The SMILES string of the molecule is O=C1C2=CC=C1C=C2.O=Pc1cccc(Cl)c1Cl. The number of rotatable bonds is 1. The lowest BCUT2D eigenvalue weighted by molar-refractivity contribution is -0.111. The Morgan fingerprint density at radius 3 is 1.94 bits per heavy atom. The maximum Gasteiger partial charge on any atom is 0.193 e. The molecule has 0 heterocycles. The summed E-state index contributed by atoms with van der Waals surface area (Å²) < 4.78 is 10.3. The number of allylic oxidation sites excluding steroid dienone is 6. The van der Waals surface area contributed by atoms with Crippen LogP contribution in [0.25, 0.3) is 0 Å². The zero-order valence-corrected chi connectivity index (χ0v) is 11.5. The highest BCUT2D eigenvalue weighted by molar-refractivity contribution is 7.34. The fourth-order valence-electron chi connectivity index (χ4n) is 1.50. The summed E-state index contributed by atoms with van der Waals surface area (Å²) in [7, 11) is -0.0990. The molecule has 3 rings (SSSR count). The predicted molar refractivity (Wildman–Crippen MR) is 74.0 cm³/mol. The molecule has 0 aliphatic heterocycles. The molecule has 0 N–H and O–H groups in total. The molecule has 0 amide bonds. The largest absolute Gasteiger partial charge is 0.289 e. The highest BCUT2D eigenvalue weighted by Crippen LogP contribution is 2.23. The summed E-state index contributed by atoms with van der Waals surface area (Å²) in [5.74, 6) is 0.185. The fourth-order valence-corrected chi connectivity index (χ4v) is 2.32. The van der Waals surface area contributed by atoms with E-state index in [9.17, 15) is 9.36 Å². The molecule has 90 valence electrons. The van der Waals surface area contributed by atoms with Gasteiger partial charge in [0.25, 0.3) is 0 Å². The highest BCUT2D eigenvalue weighted by atomic mass is 35.5. The third-order valence-electron chi connectivity index (χ3n) is 2.44. The zero-order chi connectivity index (χ0) is 13.1. The van der Waals surface area contributed by atoms with Crippen molar-refractivity contribution in [2.45, 2.75) is 0 Å². The van der Waals surface area contributed by atoms with E-state index in [1.165, 1.54) is 0 Å². The molecule has 0 fully saturated rings. The van der Waals surface area contributed by atoms with Crippen LogP contribution in [0.4, 0.5) is 0 Å². The van der Waals surface area contributed by atoms with Gasteiger partial charge >= 0.3 is 0 Å². The van der Waals surface area contributed by atoms with Gasteiger partial charge in [0, 0.05) is 11.1 Å². The standard InChI is InChI=1S/C7H4O.C6H3Cl2OP/c8-7-5-1-2-6(7)4-3-5;7-4-2-1-3-5(10-9)6(4)8/h1-4H;1-3H. The molecule has 18 heavy (non-hydrogen) atoms. The molecule has 0 spiro atoms. The Morgan fingerprint density at radius 1 is 1.00 bits per heavy atom. The van der Waals surface area contributed by atoms with Gasteiger partial charge in [-0.25, -0.2) is 0 Å². The molecule has 0 radical (unpaired) electrons. The van der Waals surface area contributed by atoms with E-state index in [-0.39, 0.29) is 14.2 Å². The molecule has 2 aliphatic carbocycles. The summed E-state index contributed by atoms with van der Waals surface area (Å²) in [6, 6.07) is 5.01. The van der Waals surface area contributed by atoms with Crippen molar-refractivity contribution in [2.75, 3.05) is 0 Å². The molecule has 5 heteroatoms. The molecule has 2 aliphatic rings. The molecule has 1 aromatic rings. The minimum atomic E-state index is -0.0990. The highest BCUT2D eigenvalue weighted by Gasteiger charge is 2.19. The van der Waals surface area contributed by atoms with Gasteiger partial charge in [-0.3, -0.25) is 9.36 Å². The Balaban J connectivity index is 0.000000136. The van der Waals surface area contributed by atoms with Crippen molar-refractivity contribution in [3.63, 3.8) is 0 Å². The van der Waals surface area contributed by atoms with Crippen molar-refractivity contribution in [1.82, 2.24) is 0 Å². The quantitative estimate of drug-likeness (QED) is 0.737. The Hall–Kier alpha value is -1.21. The Labute approximate surface area is 116 Å². The van der Waals surface area contributed by atoms with Crippen LogP contribution in [0, 0.1) is 0 Å². The van der Waals surface area contributed by atoms with Gasteiger partial charge in [0.05, 0.1) is 15.3 Å². The fraction of sp³-hybridized carbons (Fsp3) is 0. The van der Waals surface area contributed by atoms with Gasteiger partial charge in [0.15, 0.2) is 14.2 Å². The van der Waals surface area contributed by atoms with E-state index >= 15 is 0 Å². The molecule has 0 saturated carbocycles. The molecular weight excluding hydrogens is 290 g/mol. The van der Waals surface area contributed by atoms with Gasteiger partial charge in [-0.1, -0.05) is 53.6 Å². The number of hydrogen-bond donors (Lipinski definition) is 0. The monoisotopic (exact) mass is 296 g/mol. The van der Waals surface area contributed by atoms with Crippen molar-refractivity contribution in [3.8, 4) is 0 Å². The minimum absolute atomic E-state index is 0.0990. The van der Waals surface area contributed by atoms with Crippen molar-refractivity contribution in [1.29, 1.82) is 0 Å². The first kappa shape index (κ1) is 13.2. The molecule has 1 aromatic carbocycles. The van der Waals surface area contributed by atoms with Crippen molar-refractivity contribution >= 4 is 42.7 Å². The van der Waals surface area contributed by atoms with E-state index in [1.807, 2.05) is 24.3 Å². The van der Waals surface area contributed by atoms with E-state index < -0.39 is 0 Å².